The van der Waals surface area contributed by atoms with Crippen LogP contribution in [0.4, 0.5) is 0 Å². The number of nitrogens with two attached hydrogens (primary N) is 1. The fourth-order valence-corrected chi connectivity index (χ4v) is 3.23. The fraction of sp³-hybridized carbons (Fsp3) is 0.438. The lowest BCUT2D eigenvalue weighted by molar-refractivity contribution is 0.577. The van der Waals surface area contributed by atoms with Crippen LogP contribution in [0.5, 0.6) is 0 Å². The Hall–Kier alpha value is -1.32. The Kier molecular flexibility index (Phi) is 4.21. The number of aromatic nitrogens is 2. The van der Waals surface area contributed by atoms with E-state index in [1.54, 1.807) is 0 Å². The number of aryl methyl sites for hydroxylation is 2. The molecular formula is C16H22ClN3. The van der Waals surface area contributed by atoms with E-state index in [4.69, 9.17) is 5.73 Å². The Morgan fingerprint density at radius 2 is 2.05 bits per heavy atom. The lowest BCUT2D eigenvalue weighted by Gasteiger charge is -2.24. The molecule has 2 N–H and O–H groups in total. The van der Waals surface area contributed by atoms with Crippen LogP contribution in [0, 0.1) is 13.8 Å². The van der Waals surface area contributed by atoms with Gasteiger partial charge in [-0.15, -0.1) is 12.4 Å². The lowest BCUT2D eigenvalue weighted by atomic mass is 9.83. The molecule has 1 aromatic heterocycles. The SMILES string of the molecule is Cc1nn(C)c(C)c1-c1cccc2c1CCC(N)C2.Cl. The van der Waals surface area contributed by atoms with E-state index in [0.29, 0.717) is 6.04 Å². The van der Waals surface area contributed by atoms with Crippen LogP contribution in [0.15, 0.2) is 18.2 Å². The average Bonchev–Trinajstić information content (AvgIpc) is 2.62. The predicted molar refractivity (Wildman–Crippen MR) is 85.4 cm³/mol. The third kappa shape index (κ3) is 2.36. The molecule has 1 aromatic carbocycles. The highest BCUT2D eigenvalue weighted by Gasteiger charge is 2.21. The van der Waals surface area contributed by atoms with E-state index in [1.807, 2.05) is 11.7 Å². The van der Waals surface area contributed by atoms with E-state index in [-0.39, 0.29) is 12.4 Å². The summed E-state index contributed by atoms with van der Waals surface area (Å²) in [5.74, 6) is 0. The monoisotopic (exact) mass is 291 g/mol. The smallest absolute Gasteiger partial charge is 0.0674 e. The summed E-state index contributed by atoms with van der Waals surface area (Å²) in [5.41, 5.74) is 14.0. The van der Waals surface area contributed by atoms with Crippen molar-refractivity contribution in [3.63, 3.8) is 0 Å². The minimum Gasteiger partial charge on any atom is -0.327 e. The maximum Gasteiger partial charge on any atom is 0.0674 e. The van der Waals surface area contributed by atoms with Gasteiger partial charge in [0.1, 0.15) is 0 Å². The van der Waals surface area contributed by atoms with Gasteiger partial charge in [0.05, 0.1) is 5.69 Å². The number of rotatable bonds is 1. The van der Waals surface area contributed by atoms with Gasteiger partial charge in [-0.25, -0.2) is 0 Å². The Labute approximate surface area is 126 Å². The normalized spacial score (nSPS) is 17.5. The van der Waals surface area contributed by atoms with Crippen molar-refractivity contribution < 1.29 is 0 Å². The maximum absolute atomic E-state index is 6.09. The van der Waals surface area contributed by atoms with E-state index in [0.717, 1.165) is 25.0 Å². The van der Waals surface area contributed by atoms with Crippen molar-refractivity contribution in [2.45, 2.75) is 39.2 Å². The zero-order chi connectivity index (χ0) is 13.6. The Balaban J connectivity index is 0.00000147. The zero-order valence-electron chi connectivity index (χ0n) is 12.3. The minimum absolute atomic E-state index is 0. The summed E-state index contributed by atoms with van der Waals surface area (Å²) in [7, 11) is 2.01. The van der Waals surface area contributed by atoms with Crippen molar-refractivity contribution in [1.29, 1.82) is 0 Å². The van der Waals surface area contributed by atoms with Crippen molar-refractivity contribution in [2.24, 2.45) is 12.8 Å². The van der Waals surface area contributed by atoms with Crippen LogP contribution in [-0.4, -0.2) is 15.8 Å². The van der Waals surface area contributed by atoms with Gasteiger partial charge < -0.3 is 5.73 Å². The van der Waals surface area contributed by atoms with Crippen LogP contribution in [0.3, 0.4) is 0 Å². The molecule has 0 radical (unpaired) electrons. The van der Waals surface area contributed by atoms with Gasteiger partial charge >= 0.3 is 0 Å². The Morgan fingerprint density at radius 1 is 1.30 bits per heavy atom. The molecule has 3 rings (SSSR count). The van der Waals surface area contributed by atoms with Crippen LogP contribution in [0.1, 0.15) is 28.9 Å². The zero-order valence-corrected chi connectivity index (χ0v) is 13.1. The number of fused-ring (bicyclic) bond motifs is 1. The molecule has 108 valence electrons. The summed E-state index contributed by atoms with van der Waals surface area (Å²) in [6, 6.07) is 6.92. The number of halogens is 1. The van der Waals surface area contributed by atoms with Crippen molar-refractivity contribution in [3.8, 4) is 11.1 Å². The molecule has 0 aliphatic heterocycles. The topological polar surface area (TPSA) is 43.8 Å². The molecule has 0 saturated heterocycles. The molecule has 1 atom stereocenters. The molecule has 1 aliphatic rings. The van der Waals surface area contributed by atoms with E-state index in [2.05, 4.69) is 37.1 Å². The van der Waals surface area contributed by atoms with Crippen molar-refractivity contribution >= 4 is 12.4 Å². The second kappa shape index (κ2) is 5.58. The standard InChI is InChI=1S/C16H21N3.ClH/c1-10-16(11(2)19(3)18-10)15-6-4-5-12-9-13(17)7-8-14(12)15;/h4-6,13H,7-9,17H2,1-3H3;1H. The van der Waals surface area contributed by atoms with Gasteiger partial charge in [-0.3, -0.25) is 4.68 Å². The molecule has 0 amide bonds. The van der Waals surface area contributed by atoms with E-state index >= 15 is 0 Å². The van der Waals surface area contributed by atoms with Crippen LogP contribution < -0.4 is 5.73 Å². The predicted octanol–water partition coefficient (Wildman–Crippen LogP) is 2.94. The quantitative estimate of drug-likeness (QED) is 0.878. The lowest BCUT2D eigenvalue weighted by Crippen LogP contribution is -2.28. The fourth-order valence-electron chi connectivity index (χ4n) is 3.23. The number of hydrogen-bond donors (Lipinski definition) is 1. The number of benzene rings is 1. The summed E-state index contributed by atoms with van der Waals surface area (Å²) in [5, 5.41) is 4.54. The van der Waals surface area contributed by atoms with E-state index in [9.17, 15) is 0 Å². The summed E-state index contributed by atoms with van der Waals surface area (Å²) in [6.07, 6.45) is 3.17. The third-order valence-electron chi connectivity index (χ3n) is 4.30. The largest absolute Gasteiger partial charge is 0.327 e. The third-order valence-corrected chi connectivity index (χ3v) is 4.30. The molecule has 4 heteroatoms. The van der Waals surface area contributed by atoms with Crippen molar-refractivity contribution in [1.82, 2.24) is 9.78 Å². The van der Waals surface area contributed by atoms with Gasteiger partial charge in [0.15, 0.2) is 0 Å². The van der Waals surface area contributed by atoms with Gasteiger partial charge in [-0.2, -0.15) is 5.10 Å². The Morgan fingerprint density at radius 3 is 2.70 bits per heavy atom. The molecule has 1 heterocycles. The summed E-state index contributed by atoms with van der Waals surface area (Å²) in [6.45, 7) is 4.24. The first-order valence-electron chi connectivity index (χ1n) is 6.95. The van der Waals surface area contributed by atoms with Crippen LogP contribution in [0.25, 0.3) is 11.1 Å². The number of hydrogen-bond acceptors (Lipinski definition) is 2. The van der Waals surface area contributed by atoms with Gasteiger partial charge in [-0.05, 0) is 49.8 Å². The van der Waals surface area contributed by atoms with Crippen LogP contribution in [-0.2, 0) is 19.9 Å². The second-order valence-electron chi connectivity index (χ2n) is 5.62. The molecular weight excluding hydrogens is 270 g/mol. The second-order valence-corrected chi connectivity index (χ2v) is 5.62. The molecule has 2 aromatic rings. The highest BCUT2D eigenvalue weighted by Crippen LogP contribution is 2.34. The molecule has 0 saturated carbocycles. The van der Waals surface area contributed by atoms with Crippen molar-refractivity contribution in [3.05, 3.63) is 40.7 Å². The van der Waals surface area contributed by atoms with Crippen LogP contribution in [0.2, 0.25) is 0 Å². The van der Waals surface area contributed by atoms with Gasteiger partial charge in [0.25, 0.3) is 0 Å². The van der Waals surface area contributed by atoms with Crippen molar-refractivity contribution in [2.75, 3.05) is 0 Å². The Bertz CT molecular complexity index is 631. The highest BCUT2D eigenvalue weighted by molar-refractivity contribution is 5.85. The molecule has 0 spiro atoms. The van der Waals surface area contributed by atoms with Gasteiger partial charge in [-0.1, -0.05) is 18.2 Å². The first-order chi connectivity index (χ1) is 9.08. The molecule has 0 bridgehead atoms. The molecule has 1 aliphatic carbocycles. The maximum atomic E-state index is 6.09. The average molecular weight is 292 g/mol. The van der Waals surface area contributed by atoms with E-state index in [1.165, 1.54) is 27.9 Å². The summed E-state index contributed by atoms with van der Waals surface area (Å²) < 4.78 is 1.97. The molecule has 1 unspecified atom stereocenters. The molecule has 20 heavy (non-hydrogen) atoms. The first kappa shape index (κ1) is 15.1. The molecule has 0 fully saturated rings. The first-order valence-corrected chi connectivity index (χ1v) is 6.95. The van der Waals surface area contributed by atoms with Gasteiger partial charge in [0.2, 0.25) is 0 Å². The summed E-state index contributed by atoms with van der Waals surface area (Å²) in [4.78, 5) is 0. The number of nitrogens with zero attached hydrogens (tertiary/aromatic N) is 2. The van der Waals surface area contributed by atoms with E-state index < -0.39 is 0 Å². The minimum atomic E-state index is 0. The highest BCUT2D eigenvalue weighted by atomic mass is 35.5. The van der Waals surface area contributed by atoms with Crippen LogP contribution >= 0.6 is 12.4 Å². The molecule has 3 nitrogen and oxygen atoms in total. The van der Waals surface area contributed by atoms with Gasteiger partial charge in [0, 0.05) is 24.3 Å². The summed E-state index contributed by atoms with van der Waals surface area (Å²) >= 11 is 0.